The van der Waals surface area contributed by atoms with Gasteiger partial charge in [-0.25, -0.2) is 8.78 Å². The van der Waals surface area contributed by atoms with Crippen molar-refractivity contribution in [2.75, 3.05) is 5.75 Å². The molecule has 0 aliphatic heterocycles. The molecule has 0 saturated heterocycles. The van der Waals surface area contributed by atoms with Crippen molar-refractivity contribution in [1.29, 1.82) is 0 Å². The van der Waals surface area contributed by atoms with Crippen LogP contribution in [0.15, 0.2) is 27.6 Å². The lowest BCUT2D eigenvalue weighted by atomic mass is 10.2. The number of rotatable bonds is 3. The van der Waals surface area contributed by atoms with Crippen LogP contribution in [0.25, 0.3) is 0 Å². The Morgan fingerprint density at radius 1 is 1.46 bits per heavy atom. The van der Waals surface area contributed by atoms with E-state index in [2.05, 4.69) is 15.9 Å². The van der Waals surface area contributed by atoms with Crippen molar-refractivity contribution in [1.82, 2.24) is 0 Å². The predicted molar refractivity (Wildman–Crippen MR) is 55.6 cm³/mol. The van der Waals surface area contributed by atoms with E-state index in [0.29, 0.717) is 0 Å². The maximum absolute atomic E-state index is 11.9. The van der Waals surface area contributed by atoms with Gasteiger partial charge in [-0.15, -0.1) is 11.8 Å². The van der Waals surface area contributed by atoms with Gasteiger partial charge in [0.15, 0.2) is 0 Å². The van der Waals surface area contributed by atoms with E-state index in [0.717, 1.165) is 14.9 Å². The quantitative estimate of drug-likeness (QED) is 0.742. The molecule has 0 bridgehead atoms. The Balaban J connectivity index is 2.63. The minimum atomic E-state index is -2.25. The normalized spacial score (nSPS) is 10.8. The molecule has 1 aromatic carbocycles. The standard InChI is InChI=1S/C9H9BrF2S/c1-6-2-3-7(4-8(6)10)13-5-9(11)12/h2-4,9H,5H2,1H3. The summed E-state index contributed by atoms with van der Waals surface area (Å²) in [6, 6.07) is 5.63. The third kappa shape index (κ3) is 3.65. The summed E-state index contributed by atoms with van der Waals surface area (Å²) in [5.74, 6) is -0.143. The molecule has 0 aliphatic rings. The summed E-state index contributed by atoms with van der Waals surface area (Å²) in [6.07, 6.45) is -2.25. The third-order valence-corrected chi connectivity index (χ3v) is 3.38. The summed E-state index contributed by atoms with van der Waals surface area (Å²) in [6.45, 7) is 1.96. The molecule has 0 saturated carbocycles. The number of benzene rings is 1. The maximum atomic E-state index is 11.9. The lowest BCUT2D eigenvalue weighted by Gasteiger charge is -2.03. The Kier molecular flexibility index (Phi) is 4.19. The van der Waals surface area contributed by atoms with Crippen LogP contribution in [0, 0.1) is 6.92 Å². The number of hydrogen-bond acceptors (Lipinski definition) is 1. The third-order valence-electron chi connectivity index (χ3n) is 1.52. The van der Waals surface area contributed by atoms with E-state index in [1.807, 2.05) is 25.1 Å². The number of halogens is 3. The van der Waals surface area contributed by atoms with Gasteiger partial charge in [0.05, 0.1) is 5.75 Å². The van der Waals surface area contributed by atoms with E-state index in [1.165, 1.54) is 11.8 Å². The Bertz CT molecular complexity index is 289. The zero-order chi connectivity index (χ0) is 9.84. The lowest BCUT2D eigenvalue weighted by molar-refractivity contribution is 0.177. The average molecular weight is 267 g/mol. The maximum Gasteiger partial charge on any atom is 0.247 e. The van der Waals surface area contributed by atoms with Crippen molar-refractivity contribution in [2.45, 2.75) is 18.2 Å². The van der Waals surface area contributed by atoms with Gasteiger partial charge in [-0.05, 0) is 24.6 Å². The van der Waals surface area contributed by atoms with E-state index in [1.54, 1.807) is 0 Å². The van der Waals surface area contributed by atoms with Gasteiger partial charge < -0.3 is 0 Å². The number of aryl methyl sites for hydroxylation is 1. The SMILES string of the molecule is Cc1ccc(SCC(F)F)cc1Br. The summed E-state index contributed by atoms with van der Waals surface area (Å²) in [7, 11) is 0. The Morgan fingerprint density at radius 3 is 2.69 bits per heavy atom. The molecule has 0 unspecified atom stereocenters. The van der Waals surface area contributed by atoms with Crippen LogP contribution in [0.2, 0.25) is 0 Å². The Labute approximate surface area is 88.8 Å². The van der Waals surface area contributed by atoms with Gasteiger partial charge in [0.25, 0.3) is 0 Å². The van der Waals surface area contributed by atoms with Crippen LogP contribution >= 0.6 is 27.7 Å². The predicted octanol–water partition coefficient (Wildman–Crippen LogP) is 4.11. The Morgan fingerprint density at radius 2 is 2.15 bits per heavy atom. The molecule has 0 heterocycles. The second-order valence-corrected chi connectivity index (χ2v) is 4.56. The fraction of sp³-hybridized carbons (Fsp3) is 0.333. The van der Waals surface area contributed by atoms with Crippen molar-refractivity contribution in [2.24, 2.45) is 0 Å². The highest BCUT2D eigenvalue weighted by Crippen LogP contribution is 2.25. The monoisotopic (exact) mass is 266 g/mol. The van der Waals surface area contributed by atoms with E-state index in [-0.39, 0.29) is 5.75 Å². The van der Waals surface area contributed by atoms with Crippen LogP contribution in [0.3, 0.4) is 0 Å². The minimum Gasteiger partial charge on any atom is -0.210 e. The molecule has 0 N–H and O–H groups in total. The molecular weight excluding hydrogens is 258 g/mol. The van der Waals surface area contributed by atoms with Crippen molar-refractivity contribution in [3.63, 3.8) is 0 Å². The van der Waals surface area contributed by atoms with Crippen molar-refractivity contribution < 1.29 is 8.78 Å². The molecule has 0 nitrogen and oxygen atoms in total. The van der Waals surface area contributed by atoms with Gasteiger partial charge >= 0.3 is 0 Å². The molecular formula is C9H9BrF2S. The molecule has 0 amide bonds. The van der Waals surface area contributed by atoms with E-state index >= 15 is 0 Å². The first-order valence-electron chi connectivity index (χ1n) is 3.76. The molecule has 1 aromatic rings. The highest BCUT2D eigenvalue weighted by Gasteiger charge is 2.04. The second-order valence-electron chi connectivity index (χ2n) is 2.61. The summed E-state index contributed by atoms with van der Waals surface area (Å²) in [4.78, 5) is 0.873. The molecule has 0 radical (unpaired) electrons. The van der Waals surface area contributed by atoms with Crippen LogP contribution in [-0.4, -0.2) is 12.2 Å². The van der Waals surface area contributed by atoms with Gasteiger partial charge in [0.1, 0.15) is 0 Å². The zero-order valence-corrected chi connectivity index (χ0v) is 9.46. The van der Waals surface area contributed by atoms with Crippen LogP contribution in [0.4, 0.5) is 8.78 Å². The first kappa shape index (κ1) is 11.0. The minimum absolute atomic E-state index is 0.143. The van der Waals surface area contributed by atoms with Gasteiger partial charge in [-0.1, -0.05) is 22.0 Å². The smallest absolute Gasteiger partial charge is 0.210 e. The average Bonchev–Trinajstić information content (AvgIpc) is 2.07. The highest BCUT2D eigenvalue weighted by atomic mass is 79.9. The van der Waals surface area contributed by atoms with Gasteiger partial charge in [0.2, 0.25) is 6.43 Å². The van der Waals surface area contributed by atoms with Gasteiger partial charge in [-0.3, -0.25) is 0 Å². The van der Waals surface area contributed by atoms with E-state index in [4.69, 9.17) is 0 Å². The molecule has 1 rings (SSSR count). The Hall–Kier alpha value is -0.0900. The largest absolute Gasteiger partial charge is 0.247 e. The topological polar surface area (TPSA) is 0 Å². The lowest BCUT2D eigenvalue weighted by Crippen LogP contribution is -1.93. The molecule has 4 heteroatoms. The summed E-state index contributed by atoms with van der Waals surface area (Å²) >= 11 is 4.52. The van der Waals surface area contributed by atoms with Crippen molar-refractivity contribution in [3.05, 3.63) is 28.2 Å². The van der Waals surface area contributed by atoms with Gasteiger partial charge in [0, 0.05) is 9.37 Å². The number of hydrogen-bond donors (Lipinski definition) is 0. The van der Waals surface area contributed by atoms with Crippen LogP contribution < -0.4 is 0 Å². The molecule has 0 aromatic heterocycles. The van der Waals surface area contributed by atoms with Crippen LogP contribution in [0.5, 0.6) is 0 Å². The molecule has 0 atom stereocenters. The summed E-state index contributed by atoms with van der Waals surface area (Å²) < 4.78 is 24.7. The molecule has 0 fully saturated rings. The summed E-state index contributed by atoms with van der Waals surface area (Å²) in [5, 5.41) is 0. The van der Waals surface area contributed by atoms with Crippen molar-refractivity contribution >= 4 is 27.7 Å². The first-order chi connectivity index (χ1) is 6.09. The first-order valence-corrected chi connectivity index (χ1v) is 5.54. The summed E-state index contributed by atoms with van der Waals surface area (Å²) in [5.41, 5.74) is 1.11. The van der Waals surface area contributed by atoms with Gasteiger partial charge in [-0.2, -0.15) is 0 Å². The molecule has 0 aliphatic carbocycles. The number of thioether (sulfide) groups is 1. The van der Waals surface area contributed by atoms with Crippen molar-refractivity contribution in [3.8, 4) is 0 Å². The fourth-order valence-electron chi connectivity index (χ4n) is 0.823. The molecule has 13 heavy (non-hydrogen) atoms. The second kappa shape index (κ2) is 4.96. The van der Waals surface area contributed by atoms with E-state index in [9.17, 15) is 8.78 Å². The molecule has 72 valence electrons. The van der Waals surface area contributed by atoms with Crippen LogP contribution in [-0.2, 0) is 0 Å². The molecule has 0 spiro atoms. The fourth-order valence-corrected chi connectivity index (χ4v) is 2.04. The zero-order valence-electron chi connectivity index (χ0n) is 7.06. The van der Waals surface area contributed by atoms with Crippen LogP contribution in [0.1, 0.15) is 5.56 Å². The number of alkyl halides is 2. The highest BCUT2D eigenvalue weighted by molar-refractivity contribution is 9.10. The van der Waals surface area contributed by atoms with E-state index < -0.39 is 6.43 Å².